The molecule has 202 valence electrons. The second-order valence-corrected chi connectivity index (χ2v) is 9.75. The Morgan fingerprint density at radius 1 is 0.949 bits per heavy atom. The van der Waals surface area contributed by atoms with E-state index in [0.29, 0.717) is 50.0 Å². The van der Waals surface area contributed by atoms with Crippen LogP contribution in [-0.4, -0.2) is 47.6 Å². The normalized spacial score (nSPS) is 11.3. The number of aliphatic carboxylic acids is 1. The third kappa shape index (κ3) is 7.17. The van der Waals surface area contributed by atoms with Crippen molar-refractivity contribution in [1.82, 2.24) is 15.2 Å². The fraction of sp³-hybridized carbons (Fsp3) is 0.148. The highest BCUT2D eigenvalue weighted by atomic mass is 35.5. The number of hydrogen-bond donors (Lipinski definition) is 2. The van der Waals surface area contributed by atoms with Gasteiger partial charge in [0.1, 0.15) is 23.0 Å². The number of carboxylic acid groups (broad SMARTS) is 1. The number of methoxy groups -OCH3 is 3. The lowest BCUT2D eigenvalue weighted by Gasteiger charge is -2.12. The molecular formula is C27H23Cl2N3O6S. The molecule has 12 heteroatoms. The van der Waals surface area contributed by atoms with E-state index in [1.165, 1.54) is 13.2 Å². The van der Waals surface area contributed by atoms with Crippen LogP contribution in [0.25, 0.3) is 17.5 Å². The van der Waals surface area contributed by atoms with Crippen molar-refractivity contribution in [2.45, 2.75) is 11.8 Å². The summed E-state index contributed by atoms with van der Waals surface area (Å²) >= 11 is 12.9. The second-order valence-electron chi connectivity index (χ2n) is 7.93. The summed E-state index contributed by atoms with van der Waals surface area (Å²) in [6.07, 6.45) is 1.50. The van der Waals surface area contributed by atoms with Crippen LogP contribution in [0.4, 0.5) is 0 Å². The molecule has 0 aliphatic rings. The molecule has 0 aliphatic heterocycles. The van der Waals surface area contributed by atoms with Gasteiger partial charge in [0.25, 0.3) is 0 Å². The van der Waals surface area contributed by atoms with Gasteiger partial charge in [0.05, 0.1) is 31.4 Å². The second kappa shape index (κ2) is 12.8. The standard InChI is InChI=1S/C27H23Cl2N3O6S/c1-35-18-11-17(12-19(13-18)36-2)25-30-27(32-31-25)39-24(26(33)34)10-15-5-7-22(23(9-15)37-3)38-14-16-4-6-20(28)21(29)8-16/h4-13H,14H2,1-3H3,(H,33,34)(H,30,31,32)/b24-10-. The number of hydrogen-bond acceptors (Lipinski definition) is 8. The van der Waals surface area contributed by atoms with Crippen LogP contribution in [0.5, 0.6) is 23.0 Å². The molecule has 0 saturated carbocycles. The van der Waals surface area contributed by atoms with Gasteiger partial charge in [-0.05, 0) is 65.4 Å². The SMILES string of the molecule is COc1cc(OC)cc(-c2nc(S/C(=C\c3ccc(OCc4ccc(Cl)c(Cl)c4)c(OC)c3)C(=O)O)n[nH]2)c1. The van der Waals surface area contributed by atoms with Gasteiger partial charge in [-0.3, -0.25) is 5.10 Å². The Morgan fingerprint density at radius 2 is 1.69 bits per heavy atom. The molecule has 0 amide bonds. The van der Waals surface area contributed by atoms with Crippen molar-refractivity contribution in [2.75, 3.05) is 21.3 Å². The van der Waals surface area contributed by atoms with Gasteiger partial charge < -0.3 is 24.1 Å². The third-order valence-electron chi connectivity index (χ3n) is 5.37. The molecule has 0 fully saturated rings. The Morgan fingerprint density at radius 3 is 2.33 bits per heavy atom. The van der Waals surface area contributed by atoms with Gasteiger partial charge >= 0.3 is 5.97 Å². The van der Waals surface area contributed by atoms with E-state index < -0.39 is 5.97 Å². The lowest BCUT2D eigenvalue weighted by Crippen LogP contribution is -1.99. The van der Waals surface area contributed by atoms with Crippen molar-refractivity contribution in [2.24, 2.45) is 0 Å². The smallest absolute Gasteiger partial charge is 0.342 e. The number of ether oxygens (including phenoxy) is 4. The first-order chi connectivity index (χ1) is 18.8. The number of carboxylic acids is 1. The van der Waals surface area contributed by atoms with E-state index in [1.54, 1.807) is 62.8 Å². The van der Waals surface area contributed by atoms with Crippen LogP contribution in [-0.2, 0) is 11.4 Å². The van der Waals surface area contributed by atoms with Crippen LogP contribution in [0.15, 0.2) is 64.7 Å². The molecule has 0 radical (unpaired) electrons. The highest BCUT2D eigenvalue weighted by molar-refractivity contribution is 8.04. The van der Waals surface area contributed by atoms with Crippen LogP contribution >= 0.6 is 35.0 Å². The van der Waals surface area contributed by atoms with Crippen LogP contribution in [0.1, 0.15) is 11.1 Å². The quantitative estimate of drug-likeness (QED) is 0.148. The van der Waals surface area contributed by atoms with Crippen LogP contribution in [0.3, 0.4) is 0 Å². The van der Waals surface area contributed by atoms with Crippen molar-refractivity contribution < 1.29 is 28.8 Å². The number of nitrogens with zero attached hydrogens (tertiary/aromatic N) is 2. The molecule has 0 aliphatic carbocycles. The third-order valence-corrected chi connectivity index (χ3v) is 6.98. The minimum atomic E-state index is -1.13. The molecule has 1 heterocycles. The molecule has 39 heavy (non-hydrogen) atoms. The highest BCUT2D eigenvalue weighted by Crippen LogP contribution is 2.34. The zero-order chi connectivity index (χ0) is 27.9. The van der Waals surface area contributed by atoms with Gasteiger partial charge in [0.2, 0.25) is 5.16 Å². The Hall–Kier alpha value is -3.86. The minimum absolute atomic E-state index is 0.00954. The van der Waals surface area contributed by atoms with Crippen molar-refractivity contribution in [3.8, 4) is 34.4 Å². The summed E-state index contributed by atoms with van der Waals surface area (Å²) in [4.78, 5) is 16.5. The Kier molecular flexibility index (Phi) is 9.23. The average molecular weight is 588 g/mol. The first-order valence-corrected chi connectivity index (χ1v) is 12.9. The van der Waals surface area contributed by atoms with E-state index in [1.807, 2.05) is 6.07 Å². The Balaban J connectivity index is 1.52. The minimum Gasteiger partial charge on any atom is -0.497 e. The zero-order valence-electron chi connectivity index (χ0n) is 21.0. The summed E-state index contributed by atoms with van der Waals surface area (Å²) in [5, 5.41) is 17.9. The van der Waals surface area contributed by atoms with E-state index in [4.69, 9.17) is 42.1 Å². The fourth-order valence-corrected chi connectivity index (χ4v) is 4.46. The topological polar surface area (TPSA) is 116 Å². The molecule has 0 bridgehead atoms. The maximum atomic E-state index is 12.0. The number of halogens is 2. The van der Waals surface area contributed by atoms with Gasteiger partial charge in [0.15, 0.2) is 17.3 Å². The molecule has 0 unspecified atom stereocenters. The molecule has 2 N–H and O–H groups in total. The number of nitrogens with one attached hydrogen (secondary N) is 1. The van der Waals surface area contributed by atoms with Gasteiger partial charge in [-0.25, -0.2) is 9.78 Å². The average Bonchev–Trinajstić information content (AvgIpc) is 3.42. The van der Waals surface area contributed by atoms with Gasteiger partial charge in [-0.2, -0.15) is 0 Å². The summed E-state index contributed by atoms with van der Waals surface area (Å²) in [5.74, 6) is 1.39. The number of thioether (sulfide) groups is 1. The predicted octanol–water partition coefficient (Wildman–Crippen LogP) is 6.60. The van der Waals surface area contributed by atoms with Crippen LogP contribution < -0.4 is 18.9 Å². The number of aromatic nitrogens is 3. The molecule has 4 rings (SSSR count). The maximum Gasteiger partial charge on any atom is 0.342 e. The number of rotatable bonds is 11. The van der Waals surface area contributed by atoms with E-state index in [2.05, 4.69) is 15.2 Å². The number of aromatic amines is 1. The summed E-state index contributed by atoms with van der Waals surface area (Å²) < 4.78 is 21.9. The molecule has 3 aromatic carbocycles. The van der Waals surface area contributed by atoms with Gasteiger partial charge in [0, 0.05) is 11.6 Å². The molecule has 0 atom stereocenters. The number of H-pyrrole nitrogens is 1. The largest absolute Gasteiger partial charge is 0.497 e. The summed E-state index contributed by atoms with van der Waals surface area (Å²) in [6.45, 7) is 0.241. The maximum absolute atomic E-state index is 12.0. The number of carbonyl (C=O) groups is 1. The van der Waals surface area contributed by atoms with Gasteiger partial charge in [-0.15, -0.1) is 5.10 Å². The lowest BCUT2D eigenvalue weighted by atomic mass is 10.2. The summed E-state index contributed by atoms with van der Waals surface area (Å²) in [7, 11) is 4.60. The van der Waals surface area contributed by atoms with Crippen molar-refractivity contribution in [3.05, 3.63) is 80.7 Å². The Labute approximate surface area is 238 Å². The van der Waals surface area contributed by atoms with Crippen molar-refractivity contribution >= 4 is 47.0 Å². The predicted molar refractivity (Wildman–Crippen MR) is 150 cm³/mol. The lowest BCUT2D eigenvalue weighted by molar-refractivity contribution is -0.131. The summed E-state index contributed by atoms with van der Waals surface area (Å²) in [6, 6.07) is 15.6. The summed E-state index contributed by atoms with van der Waals surface area (Å²) in [5.41, 5.74) is 2.10. The van der Waals surface area contributed by atoms with E-state index in [9.17, 15) is 9.90 Å². The Bertz CT molecular complexity index is 1500. The number of benzene rings is 3. The molecule has 4 aromatic rings. The van der Waals surface area contributed by atoms with Crippen LogP contribution in [0, 0.1) is 0 Å². The van der Waals surface area contributed by atoms with Crippen molar-refractivity contribution in [3.63, 3.8) is 0 Å². The monoisotopic (exact) mass is 587 g/mol. The van der Waals surface area contributed by atoms with Crippen LogP contribution in [0.2, 0.25) is 10.0 Å². The van der Waals surface area contributed by atoms with E-state index in [0.717, 1.165) is 17.3 Å². The van der Waals surface area contributed by atoms with E-state index >= 15 is 0 Å². The molecular weight excluding hydrogens is 565 g/mol. The zero-order valence-corrected chi connectivity index (χ0v) is 23.4. The highest BCUT2D eigenvalue weighted by Gasteiger charge is 2.16. The molecule has 0 saturated heterocycles. The molecule has 0 spiro atoms. The van der Waals surface area contributed by atoms with E-state index in [-0.39, 0.29) is 16.7 Å². The van der Waals surface area contributed by atoms with Gasteiger partial charge in [-0.1, -0.05) is 35.3 Å². The fourth-order valence-electron chi connectivity index (χ4n) is 3.43. The van der Waals surface area contributed by atoms with Crippen molar-refractivity contribution in [1.29, 1.82) is 0 Å². The molecule has 9 nitrogen and oxygen atoms in total. The first-order valence-electron chi connectivity index (χ1n) is 11.3. The molecule has 1 aromatic heterocycles. The first kappa shape index (κ1) is 28.2.